The molecular formula is C23H22FN3O2S. The number of hydrogen-bond acceptors (Lipinski definition) is 4. The molecule has 0 unspecified atom stereocenters. The number of thiazole rings is 1. The number of carbonyl (C=O) groups is 2. The molecule has 1 fully saturated rings. The number of benzene rings is 2. The average Bonchev–Trinajstić information content (AvgIpc) is 3.34. The number of nitrogens with one attached hydrogen (secondary N) is 1. The molecule has 4 rings (SSSR count). The molecule has 154 valence electrons. The first-order valence-electron chi connectivity index (χ1n) is 9.82. The third kappa shape index (κ3) is 3.98. The maximum absolute atomic E-state index is 13.9. The van der Waals surface area contributed by atoms with E-state index in [1.54, 1.807) is 28.5 Å². The minimum atomic E-state index is -0.721. The quantitative estimate of drug-likeness (QED) is 0.626. The van der Waals surface area contributed by atoms with Crippen molar-refractivity contribution in [3.63, 3.8) is 0 Å². The Balaban J connectivity index is 1.44. The van der Waals surface area contributed by atoms with Crippen LogP contribution in [0.1, 0.15) is 30.4 Å². The number of aryl methyl sites for hydroxylation is 1. The largest absolute Gasteiger partial charge is 0.331 e. The smallest absolute Gasteiger partial charge is 0.315 e. The SMILES string of the molecule is Cc1ccccc1[C@H]1C[C@@H](C)N(C(=O)C(=O)Nc2nc(-c3ccccc3F)cs2)C1. The highest BCUT2D eigenvalue weighted by atomic mass is 32.1. The van der Waals surface area contributed by atoms with Crippen molar-refractivity contribution >= 4 is 28.3 Å². The number of aromatic nitrogens is 1. The van der Waals surface area contributed by atoms with Crippen LogP contribution in [-0.4, -0.2) is 34.3 Å². The van der Waals surface area contributed by atoms with Gasteiger partial charge in [0.1, 0.15) is 5.82 Å². The molecular weight excluding hydrogens is 401 g/mol. The number of hydrogen-bond donors (Lipinski definition) is 1. The van der Waals surface area contributed by atoms with E-state index < -0.39 is 11.8 Å². The van der Waals surface area contributed by atoms with E-state index in [-0.39, 0.29) is 22.9 Å². The molecule has 0 spiro atoms. The number of halogens is 1. The highest BCUT2D eigenvalue weighted by Crippen LogP contribution is 2.33. The van der Waals surface area contributed by atoms with E-state index in [2.05, 4.69) is 29.4 Å². The van der Waals surface area contributed by atoms with Crippen LogP contribution in [0.3, 0.4) is 0 Å². The molecule has 1 N–H and O–H groups in total. The van der Waals surface area contributed by atoms with Gasteiger partial charge in [0.2, 0.25) is 0 Å². The fourth-order valence-corrected chi connectivity index (χ4v) is 4.69. The summed E-state index contributed by atoms with van der Waals surface area (Å²) in [6.07, 6.45) is 0.818. The van der Waals surface area contributed by atoms with Crippen LogP contribution in [0.2, 0.25) is 0 Å². The number of nitrogens with zero attached hydrogens (tertiary/aromatic N) is 2. The predicted molar refractivity (Wildman–Crippen MR) is 116 cm³/mol. The predicted octanol–water partition coefficient (Wildman–Crippen LogP) is 4.60. The molecule has 2 atom stereocenters. The molecule has 0 aliphatic carbocycles. The van der Waals surface area contributed by atoms with Crippen LogP contribution in [0.4, 0.5) is 9.52 Å². The molecule has 3 aromatic rings. The van der Waals surface area contributed by atoms with Crippen molar-refractivity contribution < 1.29 is 14.0 Å². The maximum Gasteiger partial charge on any atom is 0.315 e. The van der Waals surface area contributed by atoms with Crippen LogP contribution in [0.15, 0.2) is 53.9 Å². The van der Waals surface area contributed by atoms with Gasteiger partial charge in [-0.25, -0.2) is 9.37 Å². The zero-order valence-electron chi connectivity index (χ0n) is 16.8. The molecule has 7 heteroatoms. The van der Waals surface area contributed by atoms with Gasteiger partial charge in [0, 0.05) is 29.4 Å². The minimum Gasteiger partial charge on any atom is -0.331 e. The Bertz CT molecular complexity index is 1100. The van der Waals surface area contributed by atoms with Gasteiger partial charge in [-0.15, -0.1) is 11.3 Å². The van der Waals surface area contributed by atoms with Crippen molar-refractivity contribution in [2.75, 3.05) is 11.9 Å². The van der Waals surface area contributed by atoms with Gasteiger partial charge in [0.15, 0.2) is 5.13 Å². The van der Waals surface area contributed by atoms with Crippen molar-refractivity contribution in [2.24, 2.45) is 0 Å². The van der Waals surface area contributed by atoms with Crippen molar-refractivity contribution in [2.45, 2.75) is 32.2 Å². The second-order valence-corrected chi connectivity index (χ2v) is 8.43. The van der Waals surface area contributed by atoms with Crippen LogP contribution in [-0.2, 0) is 9.59 Å². The average molecular weight is 424 g/mol. The molecule has 1 aromatic heterocycles. The molecule has 0 bridgehead atoms. The lowest BCUT2D eigenvalue weighted by atomic mass is 9.93. The van der Waals surface area contributed by atoms with Crippen LogP contribution >= 0.6 is 11.3 Å². The Kier molecular flexibility index (Phi) is 5.63. The van der Waals surface area contributed by atoms with E-state index in [4.69, 9.17) is 0 Å². The molecule has 1 saturated heterocycles. The van der Waals surface area contributed by atoms with Gasteiger partial charge >= 0.3 is 11.8 Å². The minimum absolute atomic E-state index is 0.0295. The first kappa shape index (κ1) is 20.2. The molecule has 2 heterocycles. The Morgan fingerprint density at radius 3 is 2.67 bits per heavy atom. The number of carbonyl (C=O) groups excluding carboxylic acids is 2. The maximum atomic E-state index is 13.9. The molecule has 0 radical (unpaired) electrons. The molecule has 5 nitrogen and oxygen atoms in total. The number of likely N-dealkylation sites (tertiary alicyclic amines) is 1. The lowest BCUT2D eigenvalue weighted by Crippen LogP contribution is -2.41. The Morgan fingerprint density at radius 2 is 1.90 bits per heavy atom. The van der Waals surface area contributed by atoms with Gasteiger partial charge in [-0.3, -0.25) is 14.9 Å². The molecule has 1 aliphatic heterocycles. The lowest BCUT2D eigenvalue weighted by Gasteiger charge is -2.20. The summed E-state index contributed by atoms with van der Waals surface area (Å²) in [5.74, 6) is -1.46. The Labute approximate surface area is 178 Å². The second kappa shape index (κ2) is 8.36. The number of anilines is 1. The number of rotatable bonds is 3. The van der Waals surface area contributed by atoms with Gasteiger partial charge in [-0.1, -0.05) is 36.4 Å². The number of amides is 2. The molecule has 30 heavy (non-hydrogen) atoms. The molecule has 1 aliphatic rings. The molecule has 2 amide bonds. The van der Waals surface area contributed by atoms with Crippen LogP contribution < -0.4 is 5.32 Å². The third-order valence-corrected chi connectivity index (χ3v) is 6.29. The van der Waals surface area contributed by atoms with E-state index in [0.717, 1.165) is 17.8 Å². The zero-order chi connectivity index (χ0) is 21.3. The van der Waals surface area contributed by atoms with Gasteiger partial charge in [0.25, 0.3) is 0 Å². The van der Waals surface area contributed by atoms with Gasteiger partial charge in [0.05, 0.1) is 5.69 Å². The van der Waals surface area contributed by atoms with Crippen molar-refractivity contribution in [3.8, 4) is 11.3 Å². The first-order chi connectivity index (χ1) is 14.4. The first-order valence-corrected chi connectivity index (χ1v) is 10.7. The summed E-state index contributed by atoms with van der Waals surface area (Å²) >= 11 is 1.16. The Morgan fingerprint density at radius 1 is 1.17 bits per heavy atom. The van der Waals surface area contributed by atoms with Gasteiger partial charge in [-0.05, 0) is 43.5 Å². The topological polar surface area (TPSA) is 62.3 Å². The normalized spacial score (nSPS) is 18.4. The van der Waals surface area contributed by atoms with Crippen LogP contribution in [0.5, 0.6) is 0 Å². The van der Waals surface area contributed by atoms with E-state index >= 15 is 0 Å². The van der Waals surface area contributed by atoms with Crippen molar-refractivity contribution in [3.05, 3.63) is 70.9 Å². The zero-order valence-corrected chi connectivity index (χ0v) is 17.6. The highest BCUT2D eigenvalue weighted by Gasteiger charge is 2.36. The molecule has 2 aromatic carbocycles. The standard InChI is InChI=1S/C23H22FN3O2S/c1-14-7-3-4-8-17(14)16-11-15(2)27(12-16)22(29)21(28)26-23-25-20(13-30-23)18-9-5-6-10-19(18)24/h3-10,13,15-16H,11-12H2,1-2H3,(H,25,26,28)/t15-,16+/m1/s1. The lowest BCUT2D eigenvalue weighted by molar-refractivity contribution is -0.143. The summed E-state index contributed by atoms with van der Waals surface area (Å²) in [7, 11) is 0. The second-order valence-electron chi connectivity index (χ2n) is 7.57. The van der Waals surface area contributed by atoms with E-state index in [9.17, 15) is 14.0 Å². The summed E-state index contributed by atoms with van der Waals surface area (Å²) in [6.45, 7) is 4.53. The van der Waals surface area contributed by atoms with Gasteiger partial charge in [-0.2, -0.15) is 0 Å². The summed E-state index contributed by atoms with van der Waals surface area (Å²) < 4.78 is 13.9. The summed E-state index contributed by atoms with van der Waals surface area (Å²) in [5.41, 5.74) is 3.19. The van der Waals surface area contributed by atoms with E-state index in [1.807, 2.05) is 19.1 Å². The highest BCUT2D eigenvalue weighted by molar-refractivity contribution is 7.14. The van der Waals surface area contributed by atoms with Crippen LogP contribution in [0, 0.1) is 12.7 Å². The monoisotopic (exact) mass is 423 g/mol. The van der Waals surface area contributed by atoms with Crippen molar-refractivity contribution in [1.82, 2.24) is 9.88 Å². The summed E-state index contributed by atoms with van der Waals surface area (Å²) in [5, 5.41) is 4.50. The fourth-order valence-electron chi connectivity index (χ4n) is 3.99. The molecule has 0 saturated carbocycles. The van der Waals surface area contributed by atoms with E-state index in [0.29, 0.717) is 17.8 Å². The summed E-state index contributed by atoms with van der Waals surface area (Å²) in [6, 6.07) is 14.4. The van der Waals surface area contributed by atoms with E-state index in [1.165, 1.54) is 17.2 Å². The fraction of sp³-hybridized carbons (Fsp3) is 0.261. The van der Waals surface area contributed by atoms with Crippen molar-refractivity contribution in [1.29, 1.82) is 0 Å². The van der Waals surface area contributed by atoms with Gasteiger partial charge < -0.3 is 4.90 Å². The van der Waals surface area contributed by atoms with Crippen LogP contribution in [0.25, 0.3) is 11.3 Å². The summed E-state index contributed by atoms with van der Waals surface area (Å²) in [4.78, 5) is 31.2. The third-order valence-electron chi connectivity index (χ3n) is 5.53. The Hall–Kier alpha value is -3.06.